The molecule has 3 heteroatoms. The van der Waals surface area contributed by atoms with Crippen LogP contribution in [0.4, 0.5) is 0 Å². The van der Waals surface area contributed by atoms with Crippen LogP contribution in [0.25, 0.3) is 0 Å². The molecule has 1 aliphatic heterocycles. The second-order valence-corrected chi connectivity index (χ2v) is 1.37. The van der Waals surface area contributed by atoms with Gasteiger partial charge >= 0.3 is 0 Å². The monoisotopic (exact) mass is 98.0 g/mol. The third kappa shape index (κ3) is 0.707. The molecule has 0 amide bonds. The topological polar surface area (TPSA) is 59.1 Å². The summed E-state index contributed by atoms with van der Waals surface area (Å²) in [5.41, 5.74) is 5.85. The zero-order valence-corrected chi connectivity index (χ0v) is 3.77. The van der Waals surface area contributed by atoms with E-state index >= 15 is 0 Å². The van der Waals surface area contributed by atoms with Gasteiger partial charge in [0.15, 0.2) is 0 Å². The van der Waals surface area contributed by atoms with Crippen molar-refractivity contribution in [2.75, 3.05) is 6.61 Å². The van der Waals surface area contributed by atoms with Gasteiger partial charge in [-0.15, -0.1) is 0 Å². The van der Waals surface area contributed by atoms with Crippen molar-refractivity contribution >= 4 is 5.90 Å². The van der Waals surface area contributed by atoms with Gasteiger partial charge in [0.25, 0.3) is 0 Å². The van der Waals surface area contributed by atoms with Crippen LogP contribution in [0.15, 0.2) is 11.8 Å². The maximum Gasteiger partial charge on any atom is 0.207 e. The zero-order chi connectivity index (χ0) is 5.28. The molecule has 0 saturated heterocycles. The fraction of sp³-hybridized carbons (Fsp3) is 0.250. The molecule has 0 spiro atoms. The molecule has 0 bridgehead atoms. The predicted octanol–water partition coefficient (Wildman–Crippen LogP) is -0.164. The first kappa shape index (κ1) is 4.18. The van der Waals surface area contributed by atoms with Crippen molar-refractivity contribution in [2.45, 2.75) is 0 Å². The van der Waals surface area contributed by atoms with E-state index in [1.165, 1.54) is 6.08 Å². The number of rotatable bonds is 0. The van der Waals surface area contributed by atoms with Crippen LogP contribution in [0.1, 0.15) is 0 Å². The molecule has 7 heavy (non-hydrogen) atoms. The quantitative estimate of drug-likeness (QED) is 0.442. The Kier molecular flexibility index (Phi) is 0.749. The molecular weight excluding hydrogens is 92.1 g/mol. The van der Waals surface area contributed by atoms with Gasteiger partial charge in [0.1, 0.15) is 6.61 Å². The van der Waals surface area contributed by atoms with E-state index in [2.05, 4.69) is 4.74 Å². The highest BCUT2D eigenvalue weighted by molar-refractivity contribution is 5.87. The minimum atomic E-state index is 0.164. The Hall–Kier alpha value is -0.990. The summed E-state index contributed by atoms with van der Waals surface area (Å²) in [6, 6.07) is 0. The molecule has 0 unspecified atom stereocenters. The largest absolute Gasteiger partial charge is 0.472 e. The SMILES string of the molecule is N=C1C=C(N)CO1. The molecule has 1 heterocycles. The Bertz CT molecular complexity index is 128. The van der Waals surface area contributed by atoms with E-state index in [9.17, 15) is 0 Å². The molecule has 1 aliphatic rings. The van der Waals surface area contributed by atoms with Gasteiger partial charge in [0.2, 0.25) is 5.90 Å². The normalized spacial score (nSPS) is 18.9. The van der Waals surface area contributed by atoms with Gasteiger partial charge in [-0.25, -0.2) is 0 Å². The second kappa shape index (κ2) is 1.26. The maximum absolute atomic E-state index is 6.80. The Morgan fingerprint density at radius 3 is 2.71 bits per heavy atom. The molecule has 3 N–H and O–H groups in total. The van der Waals surface area contributed by atoms with Gasteiger partial charge in [0, 0.05) is 6.08 Å². The van der Waals surface area contributed by atoms with Crippen molar-refractivity contribution in [2.24, 2.45) is 5.73 Å². The molecule has 3 nitrogen and oxygen atoms in total. The lowest BCUT2D eigenvalue weighted by atomic mass is 10.5. The summed E-state index contributed by atoms with van der Waals surface area (Å²) in [5.74, 6) is 0.164. The number of nitrogens with two attached hydrogens (primary N) is 1. The lowest BCUT2D eigenvalue weighted by Gasteiger charge is -1.88. The number of ether oxygens (including phenoxy) is 1. The first-order chi connectivity index (χ1) is 3.29. The highest BCUT2D eigenvalue weighted by Gasteiger charge is 2.03. The van der Waals surface area contributed by atoms with E-state index in [4.69, 9.17) is 11.1 Å². The standard InChI is InChI=1S/C4H6N2O/c5-3-1-4(6)7-2-3/h1,6H,2,5H2. The Morgan fingerprint density at radius 2 is 2.57 bits per heavy atom. The molecule has 0 saturated carbocycles. The highest BCUT2D eigenvalue weighted by atomic mass is 16.5. The summed E-state index contributed by atoms with van der Waals surface area (Å²) in [6.07, 6.45) is 1.50. The lowest BCUT2D eigenvalue weighted by molar-refractivity contribution is 0.354. The third-order valence-corrected chi connectivity index (χ3v) is 0.711. The summed E-state index contributed by atoms with van der Waals surface area (Å²) in [5, 5.41) is 6.80. The molecule has 0 aliphatic carbocycles. The van der Waals surface area contributed by atoms with Crippen LogP contribution >= 0.6 is 0 Å². The minimum absolute atomic E-state index is 0.164. The Labute approximate surface area is 41.3 Å². The number of hydrogen-bond donors (Lipinski definition) is 2. The van der Waals surface area contributed by atoms with E-state index in [0.717, 1.165) is 0 Å². The lowest BCUT2D eigenvalue weighted by Crippen LogP contribution is -1.97. The summed E-state index contributed by atoms with van der Waals surface area (Å²) >= 11 is 0. The van der Waals surface area contributed by atoms with E-state index in [1.54, 1.807) is 0 Å². The summed E-state index contributed by atoms with van der Waals surface area (Å²) in [7, 11) is 0. The highest BCUT2D eigenvalue weighted by Crippen LogP contribution is 1.97. The molecule has 0 aromatic rings. The summed E-state index contributed by atoms with van der Waals surface area (Å²) in [6.45, 7) is 0.388. The minimum Gasteiger partial charge on any atom is -0.472 e. The average Bonchev–Trinajstić information content (AvgIpc) is 1.87. The van der Waals surface area contributed by atoms with Gasteiger partial charge < -0.3 is 10.5 Å². The molecule has 0 aromatic carbocycles. The molecule has 0 atom stereocenters. The van der Waals surface area contributed by atoms with Crippen LogP contribution in [-0.2, 0) is 4.74 Å². The maximum atomic E-state index is 6.80. The van der Waals surface area contributed by atoms with Gasteiger partial charge in [-0.05, 0) is 0 Å². The first-order valence-corrected chi connectivity index (χ1v) is 1.96. The Morgan fingerprint density at radius 1 is 1.86 bits per heavy atom. The van der Waals surface area contributed by atoms with Crippen LogP contribution in [0.3, 0.4) is 0 Å². The molecule has 38 valence electrons. The van der Waals surface area contributed by atoms with Crippen molar-refractivity contribution in [1.29, 1.82) is 5.41 Å². The zero-order valence-electron chi connectivity index (χ0n) is 3.77. The number of nitrogens with one attached hydrogen (secondary N) is 1. The molecular formula is C4H6N2O. The first-order valence-electron chi connectivity index (χ1n) is 1.96. The van der Waals surface area contributed by atoms with Gasteiger partial charge in [-0.2, -0.15) is 0 Å². The van der Waals surface area contributed by atoms with Crippen LogP contribution < -0.4 is 5.73 Å². The van der Waals surface area contributed by atoms with Crippen molar-refractivity contribution in [3.8, 4) is 0 Å². The molecule has 0 aromatic heterocycles. The predicted molar refractivity (Wildman–Crippen MR) is 25.9 cm³/mol. The van der Waals surface area contributed by atoms with Crippen LogP contribution in [0.5, 0.6) is 0 Å². The van der Waals surface area contributed by atoms with Gasteiger partial charge in [-0.3, -0.25) is 5.41 Å². The van der Waals surface area contributed by atoms with E-state index < -0.39 is 0 Å². The molecule has 1 rings (SSSR count). The van der Waals surface area contributed by atoms with E-state index in [1.807, 2.05) is 0 Å². The smallest absolute Gasteiger partial charge is 0.207 e. The van der Waals surface area contributed by atoms with E-state index in [0.29, 0.717) is 12.3 Å². The third-order valence-electron chi connectivity index (χ3n) is 0.711. The number of hydrogen-bond acceptors (Lipinski definition) is 3. The van der Waals surface area contributed by atoms with E-state index in [-0.39, 0.29) is 5.90 Å². The Balaban J connectivity index is 2.67. The van der Waals surface area contributed by atoms with Crippen molar-refractivity contribution < 1.29 is 4.74 Å². The fourth-order valence-corrected chi connectivity index (χ4v) is 0.413. The van der Waals surface area contributed by atoms with Gasteiger partial charge in [0.05, 0.1) is 5.70 Å². The van der Waals surface area contributed by atoms with Crippen LogP contribution in [0.2, 0.25) is 0 Å². The second-order valence-electron chi connectivity index (χ2n) is 1.37. The average molecular weight is 98.1 g/mol. The summed E-state index contributed by atoms with van der Waals surface area (Å²) < 4.78 is 4.63. The molecule has 0 radical (unpaired) electrons. The van der Waals surface area contributed by atoms with Crippen molar-refractivity contribution in [1.82, 2.24) is 0 Å². The fourth-order valence-electron chi connectivity index (χ4n) is 0.413. The van der Waals surface area contributed by atoms with Crippen molar-refractivity contribution in [3.63, 3.8) is 0 Å². The van der Waals surface area contributed by atoms with Crippen molar-refractivity contribution in [3.05, 3.63) is 11.8 Å². The molecule has 0 fully saturated rings. The summed E-state index contributed by atoms with van der Waals surface area (Å²) in [4.78, 5) is 0. The van der Waals surface area contributed by atoms with Gasteiger partial charge in [-0.1, -0.05) is 0 Å². The van der Waals surface area contributed by atoms with Crippen LogP contribution in [0, 0.1) is 5.41 Å². The van der Waals surface area contributed by atoms with Crippen LogP contribution in [-0.4, -0.2) is 12.5 Å².